The van der Waals surface area contributed by atoms with E-state index in [1.165, 1.54) is 7.11 Å². The minimum atomic E-state index is -0.973. The van der Waals surface area contributed by atoms with Gasteiger partial charge in [0.1, 0.15) is 17.6 Å². The monoisotopic (exact) mass is 268 g/mol. The predicted molar refractivity (Wildman–Crippen MR) is 63.3 cm³/mol. The molecule has 0 aliphatic heterocycles. The van der Waals surface area contributed by atoms with Crippen molar-refractivity contribution < 1.29 is 23.1 Å². The summed E-state index contributed by atoms with van der Waals surface area (Å²) in [5.74, 6) is -3.38. The van der Waals surface area contributed by atoms with Crippen LogP contribution in [0.4, 0.5) is 8.78 Å². The molecule has 0 bridgehead atoms. The molecule has 102 valence electrons. The highest BCUT2D eigenvalue weighted by Gasteiger charge is 2.38. The zero-order valence-corrected chi connectivity index (χ0v) is 10.5. The Kier molecular flexibility index (Phi) is 3.93. The summed E-state index contributed by atoms with van der Waals surface area (Å²) in [4.78, 5) is 23.6. The molecule has 1 aromatic rings. The number of esters is 1. The summed E-state index contributed by atoms with van der Waals surface area (Å²) in [5.41, 5.74) is 0.280. The van der Waals surface area contributed by atoms with Crippen LogP contribution in [-0.2, 0) is 20.7 Å². The Hall–Kier alpha value is -1.78. The minimum Gasteiger partial charge on any atom is -0.468 e. The molecular weight excluding hydrogens is 254 g/mol. The van der Waals surface area contributed by atoms with Crippen molar-refractivity contribution in [1.29, 1.82) is 0 Å². The highest BCUT2D eigenvalue weighted by molar-refractivity contribution is 6.01. The van der Waals surface area contributed by atoms with E-state index in [9.17, 15) is 18.4 Å². The lowest BCUT2D eigenvalue weighted by molar-refractivity contribution is -0.149. The first-order valence-electron chi connectivity index (χ1n) is 6.07. The van der Waals surface area contributed by atoms with E-state index in [0.29, 0.717) is 0 Å². The molecule has 1 saturated carbocycles. The topological polar surface area (TPSA) is 43.4 Å². The van der Waals surface area contributed by atoms with Gasteiger partial charge in [0.25, 0.3) is 0 Å². The Balaban J connectivity index is 2.19. The third-order valence-electron chi connectivity index (χ3n) is 3.17. The van der Waals surface area contributed by atoms with E-state index in [1.807, 2.05) is 0 Å². The van der Waals surface area contributed by atoms with Crippen molar-refractivity contribution in [3.63, 3.8) is 0 Å². The average Bonchev–Trinajstić information content (AvgIpc) is 3.17. The van der Waals surface area contributed by atoms with Crippen molar-refractivity contribution in [2.75, 3.05) is 7.11 Å². The van der Waals surface area contributed by atoms with Gasteiger partial charge in [0, 0.05) is 12.0 Å². The number of benzene rings is 1. The first-order chi connectivity index (χ1) is 9.01. The second kappa shape index (κ2) is 5.47. The molecule has 5 heteroatoms. The molecule has 1 atom stereocenters. The molecule has 1 aliphatic carbocycles. The first-order valence-corrected chi connectivity index (χ1v) is 6.07. The minimum absolute atomic E-state index is 0.0311. The number of ketones is 1. The van der Waals surface area contributed by atoms with Gasteiger partial charge in [-0.25, -0.2) is 8.78 Å². The second-order valence-corrected chi connectivity index (χ2v) is 4.73. The summed E-state index contributed by atoms with van der Waals surface area (Å²) in [7, 11) is 1.20. The van der Waals surface area contributed by atoms with E-state index in [-0.39, 0.29) is 23.7 Å². The highest BCUT2D eigenvalue weighted by atomic mass is 19.1. The van der Waals surface area contributed by atoms with E-state index >= 15 is 0 Å². The molecule has 19 heavy (non-hydrogen) atoms. The molecule has 2 rings (SSSR count). The fourth-order valence-corrected chi connectivity index (χ4v) is 2.06. The number of methoxy groups -OCH3 is 1. The molecule has 1 aromatic carbocycles. The average molecular weight is 268 g/mol. The van der Waals surface area contributed by atoms with E-state index in [0.717, 1.165) is 31.0 Å². The van der Waals surface area contributed by atoms with Crippen LogP contribution in [0.25, 0.3) is 0 Å². The highest BCUT2D eigenvalue weighted by Crippen LogP contribution is 2.33. The predicted octanol–water partition coefficient (Wildman–Crippen LogP) is 2.28. The zero-order valence-electron chi connectivity index (χ0n) is 10.5. The van der Waals surface area contributed by atoms with Gasteiger partial charge in [-0.1, -0.05) is 0 Å². The number of rotatable bonds is 5. The largest absolute Gasteiger partial charge is 0.468 e. The number of halogens is 2. The molecule has 1 aliphatic rings. The van der Waals surface area contributed by atoms with Crippen molar-refractivity contribution >= 4 is 11.8 Å². The van der Waals surface area contributed by atoms with Crippen LogP contribution in [0.2, 0.25) is 0 Å². The van der Waals surface area contributed by atoms with Crippen LogP contribution >= 0.6 is 0 Å². The lowest BCUT2D eigenvalue weighted by Crippen LogP contribution is -2.28. The van der Waals surface area contributed by atoms with Crippen LogP contribution in [-0.4, -0.2) is 18.9 Å². The number of ether oxygens (including phenoxy) is 1. The summed E-state index contributed by atoms with van der Waals surface area (Å²) >= 11 is 0. The maximum atomic E-state index is 13.1. The van der Waals surface area contributed by atoms with Crippen molar-refractivity contribution in [3.05, 3.63) is 35.4 Å². The molecule has 0 aromatic heterocycles. The molecule has 0 radical (unpaired) electrons. The van der Waals surface area contributed by atoms with Crippen molar-refractivity contribution in [3.8, 4) is 0 Å². The Morgan fingerprint density at radius 3 is 2.32 bits per heavy atom. The summed E-state index contributed by atoms with van der Waals surface area (Å²) < 4.78 is 30.8. The summed E-state index contributed by atoms with van der Waals surface area (Å²) in [6, 6.07) is 3.00. The Bertz CT molecular complexity index is 489. The van der Waals surface area contributed by atoms with Crippen LogP contribution < -0.4 is 0 Å². The SMILES string of the molecule is COC(=O)C(Cc1cc(F)cc(F)c1)C(=O)C1CC1. The smallest absolute Gasteiger partial charge is 0.316 e. The maximum absolute atomic E-state index is 13.1. The number of carbonyl (C=O) groups is 2. The van der Waals surface area contributed by atoms with Gasteiger partial charge in [-0.05, 0) is 37.0 Å². The van der Waals surface area contributed by atoms with Gasteiger partial charge in [0.05, 0.1) is 7.11 Å². The van der Waals surface area contributed by atoms with E-state index in [1.54, 1.807) is 0 Å². The molecule has 0 amide bonds. The van der Waals surface area contributed by atoms with Crippen LogP contribution in [0.5, 0.6) is 0 Å². The second-order valence-electron chi connectivity index (χ2n) is 4.73. The van der Waals surface area contributed by atoms with Gasteiger partial charge in [0.2, 0.25) is 0 Å². The molecule has 0 saturated heterocycles. The van der Waals surface area contributed by atoms with E-state index in [2.05, 4.69) is 4.74 Å². The lowest BCUT2D eigenvalue weighted by atomic mass is 9.92. The van der Waals surface area contributed by atoms with Crippen LogP contribution in [0.15, 0.2) is 18.2 Å². The number of Topliss-reactive ketones (excluding diaryl/α,β-unsaturated/α-hetero) is 1. The summed E-state index contributed by atoms with van der Waals surface area (Å²) in [6.07, 6.45) is 1.50. The van der Waals surface area contributed by atoms with Gasteiger partial charge >= 0.3 is 5.97 Å². The van der Waals surface area contributed by atoms with Crippen LogP contribution in [0, 0.1) is 23.5 Å². The summed E-state index contributed by atoms with van der Waals surface area (Å²) in [6.45, 7) is 0. The van der Waals surface area contributed by atoms with Gasteiger partial charge in [-0.15, -0.1) is 0 Å². The normalized spacial score (nSPS) is 15.9. The fraction of sp³-hybridized carbons (Fsp3) is 0.429. The molecule has 0 heterocycles. The third-order valence-corrected chi connectivity index (χ3v) is 3.17. The maximum Gasteiger partial charge on any atom is 0.316 e. The molecule has 1 unspecified atom stereocenters. The van der Waals surface area contributed by atoms with Crippen molar-refractivity contribution in [2.24, 2.45) is 11.8 Å². The summed E-state index contributed by atoms with van der Waals surface area (Å²) in [5, 5.41) is 0. The lowest BCUT2D eigenvalue weighted by Gasteiger charge is -2.13. The Morgan fingerprint density at radius 2 is 1.84 bits per heavy atom. The quantitative estimate of drug-likeness (QED) is 0.608. The van der Waals surface area contributed by atoms with Gasteiger partial charge in [-0.3, -0.25) is 9.59 Å². The fourth-order valence-electron chi connectivity index (χ4n) is 2.06. The Morgan fingerprint density at radius 1 is 1.26 bits per heavy atom. The van der Waals surface area contributed by atoms with Crippen molar-refractivity contribution in [2.45, 2.75) is 19.3 Å². The molecule has 0 spiro atoms. The molecular formula is C14H14F2O3. The Labute approximate surface area is 109 Å². The zero-order chi connectivity index (χ0) is 14.0. The first kappa shape index (κ1) is 13.6. The molecule has 0 N–H and O–H groups in total. The van der Waals surface area contributed by atoms with Gasteiger partial charge in [0.15, 0.2) is 5.78 Å². The number of hydrogen-bond acceptors (Lipinski definition) is 3. The molecule has 3 nitrogen and oxygen atoms in total. The number of carbonyl (C=O) groups excluding carboxylic acids is 2. The van der Waals surface area contributed by atoms with Gasteiger partial charge < -0.3 is 4.74 Å². The number of hydrogen-bond donors (Lipinski definition) is 0. The van der Waals surface area contributed by atoms with Crippen LogP contribution in [0.1, 0.15) is 18.4 Å². The van der Waals surface area contributed by atoms with E-state index < -0.39 is 23.5 Å². The van der Waals surface area contributed by atoms with Crippen molar-refractivity contribution in [1.82, 2.24) is 0 Å². The molecule has 1 fully saturated rings. The van der Waals surface area contributed by atoms with Crippen LogP contribution in [0.3, 0.4) is 0 Å². The van der Waals surface area contributed by atoms with Gasteiger partial charge in [-0.2, -0.15) is 0 Å². The standard InChI is InChI=1S/C14H14F2O3/c1-19-14(18)12(13(17)9-2-3-9)6-8-4-10(15)7-11(16)5-8/h4-5,7,9,12H,2-3,6H2,1H3. The van der Waals surface area contributed by atoms with E-state index in [4.69, 9.17) is 0 Å². The third kappa shape index (κ3) is 3.36.